The number of halogens is 1. The molecule has 0 spiro atoms. The number of aromatic hydroxyl groups is 1. The fourth-order valence-electron chi connectivity index (χ4n) is 2.72. The van der Waals surface area contributed by atoms with Gasteiger partial charge in [0.25, 0.3) is 0 Å². The molecule has 1 heterocycles. The molecule has 25 heavy (non-hydrogen) atoms. The minimum Gasteiger partial charge on any atom is -0.508 e. The topological polar surface area (TPSA) is 68.6 Å². The predicted octanol–water partition coefficient (Wildman–Crippen LogP) is 3.76. The molecule has 0 aliphatic rings. The molecule has 0 bridgehead atoms. The fraction of sp³-hybridized carbons (Fsp3) is 0.211. The molecule has 1 aromatic heterocycles. The highest BCUT2D eigenvalue weighted by molar-refractivity contribution is 6.31. The number of likely N-dealkylation sites (N-methyl/N-ethyl adjacent to an activating group) is 1. The first kappa shape index (κ1) is 17.5. The molecule has 0 fully saturated rings. The maximum Gasteiger partial charge on any atom is 0.120 e. The molecule has 0 unspecified atom stereocenters. The lowest BCUT2D eigenvalue weighted by atomic mass is 10.1. The highest BCUT2D eigenvalue weighted by Crippen LogP contribution is 2.29. The SMILES string of the molecule is CN(CCO)Cc1cc(Nc2ccnc3cc(Cl)ccc23)ccc1O. The molecule has 0 saturated heterocycles. The summed E-state index contributed by atoms with van der Waals surface area (Å²) in [6.45, 7) is 1.18. The molecular weight excluding hydrogens is 338 g/mol. The zero-order valence-electron chi connectivity index (χ0n) is 13.9. The van der Waals surface area contributed by atoms with E-state index in [1.165, 1.54) is 0 Å². The van der Waals surface area contributed by atoms with Crippen molar-refractivity contribution in [3.8, 4) is 5.75 Å². The number of aliphatic hydroxyl groups is 1. The number of fused-ring (bicyclic) bond motifs is 1. The minimum atomic E-state index is 0.0841. The lowest BCUT2D eigenvalue weighted by Crippen LogP contribution is -2.21. The third kappa shape index (κ3) is 4.20. The van der Waals surface area contributed by atoms with E-state index in [1.807, 2.05) is 48.3 Å². The second kappa shape index (κ2) is 7.70. The number of hydrogen-bond donors (Lipinski definition) is 3. The summed E-state index contributed by atoms with van der Waals surface area (Å²) in [6.07, 6.45) is 1.73. The summed E-state index contributed by atoms with van der Waals surface area (Å²) in [7, 11) is 1.90. The van der Waals surface area contributed by atoms with Gasteiger partial charge in [-0.1, -0.05) is 11.6 Å². The number of nitrogens with zero attached hydrogens (tertiary/aromatic N) is 2. The van der Waals surface area contributed by atoms with Gasteiger partial charge in [-0.15, -0.1) is 0 Å². The summed E-state index contributed by atoms with van der Waals surface area (Å²) in [5.41, 5.74) is 3.40. The quantitative estimate of drug-likeness (QED) is 0.586. The molecule has 0 radical (unpaired) electrons. The van der Waals surface area contributed by atoms with Crippen LogP contribution in [0.25, 0.3) is 10.9 Å². The maximum absolute atomic E-state index is 10.1. The van der Waals surface area contributed by atoms with E-state index in [9.17, 15) is 5.11 Å². The van der Waals surface area contributed by atoms with Crippen LogP contribution in [0.4, 0.5) is 11.4 Å². The Morgan fingerprint density at radius 2 is 2.00 bits per heavy atom. The predicted molar refractivity (Wildman–Crippen MR) is 102 cm³/mol. The average molecular weight is 358 g/mol. The summed E-state index contributed by atoms with van der Waals surface area (Å²) in [4.78, 5) is 6.29. The number of hydrogen-bond acceptors (Lipinski definition) is 5. The molecule has 0 saturated carbocycles. The molecule has 0 aliphatic heterocycles. The van der Waals surface area contributed by atoms with Gasteiger partial charge in [0.05, 0.1) is 12.1 Å². The second-order valence-corrected chi connectivity index (χ2v) is 6.39. The molecule has 0 aliphatic carbocycles. The van der Waals surface area contributed by atoms with Crippen molar-refractivity contribution in [3.05, 3.63) is 59.2 Å². The normalized spacial score (nSPS) is 11.2. The van der Waals surface area contributed by atoms with Crippen molar-refractivity contribution < 1.29 is 10.2 Å². The molecule has 130 valence electrons. The van der Waals surface area contributed by atoms with E-state index in [2.05, 4.69) is 10.3 Å². The van der Waals surface area contributed by atoms with Gasteiger partial charge >= 0.3 is 0 Å². The number of aromatic nitrogens is 1. The van der Waals surface area contributed by atoms with E-state index >= 15 is 0 Å². The van der Waals surface area contributed by atoms with Gasteiger partial charge in [-0.05, 0) is 49.5 Å². The van der Waals surface area contributed by atoms with Crippen LogP contribution in [0.15, 0.2) is 48.7 Å². The number of anilines is 2. The molecule has 0 atom stereocenters. The fourth-order valence-corrected chi connectivity index (χ4v) is 2.88. The summed E-state index contributed by atoms with van der Waals surface area (Å²) in [5.74, 6) is 0.238. The minimum absolute atomic E-state index is 0.0841. The van der Waals surface area contributed by atoms with E-state index in [0.717, 1.165) is 27.8 Å². The van der Waals surface area contributed by atoms with Crippen molar-refractivity contribution in [1.82, 2.24) is 9.88 Å². The zero-order chi connectivity index (χ0) is 17.8. The van der Waals surface area contributed by atoms with Crippen LogP contribution in [0, 0.1) is 0 Å². The Hall–Kier alpha value is -2.34. The largest absolute Gasteiger partial charge is 0.508 e. The van der Waals surface area contributed by atoms with Crippen molar-refractivity contribution in [2.45, 2.75) is 6.54 Å². The number of rotatable bonds is 6. The summed E-state index contributed by atoms with van der Waals surface area (Å²) in [5, 5.41) is 24.1. The van der Waals surface area contributed by atoms with E-state index in [4.69, 9.17) is 16.7 Å². The molecule has 3 N–H and O–H groups in total. The van der Waals surface area contributed by atoms with Crippen molar-refractivity contribution in [1.29, 1.82) is 0 Å². The van der Waals surface area contributed by atoms with E-state index < -0.39 is 0 Å². The molecule has 3 rings (SSSR count). The van der Waals surface area contributed by atoms with E-state index in [0.29, 0.717) is 18.1 Å². The van der Waals surface area contributed by atoms with Gasteiger partial charge in [-0.25, -0.2) is 0 Å². The Bertz CT molecular complexity index is 886. The van der Waals surface area contributed by atoms with Gasteiger partial charge in [0.2, 0.25) is 0 Å². The number of nitrogens with one attached hydrogen (secondary N) is 1. The van der Waals surface area contributed by atoms with E-state index in [1.54, 1.807) is 12.3 Å². The Labute approximate surface area is 151 Å². The lowest BCUT2D eigenvalue weighted by Gasteiger charge is -2.17. The molecule has 2 aromatic carbocycles. The summed E-state index contributed by atoms with van der Waals surface area (Å²) >= 11 is 6.03. The van der Waals surface area contributed by atoms with Crippen LogP contribution in [0.2, 0.25) is 5.02 Å². The summed E-state index contributed by atoms with van der Waals surface area (Å²) in [6, 6.07) is 12.9. The third-order valence-corrected chi connectivity index (χ3v) is 4.22. The van der Waals surface area contributed by atoms with Crippen molar-refractivity contribution in [3.63, 3.8) is 0 Å². The van der Waals surface area contributed by atoms with Crippen LogP contribution < -0.4 is 5.32 Å². The van der Waals surface area contributed by atoms with Crippen molar-refractivity contribution in [2.75, 3.05) is 25.5 Å². The van der Waals surface area contributed by atoms with Crippen LogP contribution in [0.5, 0.6) is 5.75 Å². The van der Waals surface area contributed by atoms with Gasteiger partial charge in [0.15, 0.2) is 0 Å². The van der Waals surface area contributed by atoms with Crippen LogP contribution in [0.3, 0.4) is 0 Å². The highest BCUT2D eigenvalue weighted by Gasteiger charge is 2.08. The van der Waals surface area contributed by atoms with Crippen molar-refractivity contribution in [2.24, 2.45) is 0 Å². The van der Waals surface area contributed by atoms with Gasteiger partial charge < -0.3 is 15.5 Å². The number of phenols is 1. The Kier molecular flexibility index (Phi) is 5.38. The average Bonchev–Trinajstić information content (AvgIpc) is 2.58. The number of benzene rings is 2. The lowest BCUT2D eigenvalue weighted by molar-refractivity contribution is 0.216. The summed E-state index contributed by atoms with van der Waals surface area (Å²) < 4.78 is 0. The van der Waals surface area contributed by atoms with Gasteiger partial charge in [-0.2, -0.15) is 0 Å². The van der Waals surface area contributed by atoms with Crippen LogP contribution in [0.1, 0.15) is 5.56 Å². The smallest absolute Gasteiger partial charge is 0.120 e. The van der Waals surface area contributed by atoms with Gasteiger partial charge in [0, 0.05) is 46.6 Å². The Morgan fingerprint density at radius 3 is 2.80 bits per heavy atom. The second-order valence-electron chi connectivity index (χ2n) is 5.95. The first-order valence-electron chi connectivity index (χ1n) is 7.99. The molecule has 5 nitrogen and oxygen atoms in total. The first-order valence-corrected chi connectivity index (χ1v) is 8.37. The molecule has 6 heteroatoms. The number of pyridine rings is 1. The van der Waals surface area contributed by atoms with Crippen LogP contribution >= 0.6 is 11.6 Å². The Morgan fingerprint density at radius 1 is 1.16 bits per heavy atom. The number of aliphatic hydroxyl groups excluding tert-OH is 1. The zero-order valence-corrected chi connectivity index (χ0v) is 14.7. The highest BCUT2D eigenvalue weighted by atomic mass is 35.5. The number of phenolic OH excluding ortho intramolecular Hbond substituents is 1. The molecule has 0 amide bonds. The maximum atomic E-state index is 10.1. The van der Waals surface area contributed by atoms with Crippen molar-refractivity contribution >= 4 is 33.9 Å². The molecular formula is C19H20ClN3O2. The van der Waals surface area contributed by atoms with Gasteiger partial charge in [-0.3, -0.25) is 9.88 Å². The van der Waals surface area contributed by atoms with Crippen LogP contribution in [-0.2, 0) is 6.54 Å². The van der Waals surface area contributed by atoms with E-state index in [-0.39, 0.29) is 12.4 Å². The van der Waals surface area contributed by atoms with Crippen LogP contribution in [-0.4, -0.2) is 40.3 Å². The van der Waals surface area contributed by atoms with Gasteiger partial charge in [0.1, 0.15) is 5.75 Å². The standard InChI is InChI=1S/C19H20ClN3O2/c1-23(8-9-24)12-13-10-15(3-5-19(13)25)22-17-6-7-21-18-11-14(20)2-4-16(17)18/h2-7,10-11,24-25H,8-9,12H2,1H3,(H,21,22). The third-order valence-electron chi connectivity index (χ3n) is 3.99. The molecule has 3 aromatic rings. The first-order chi connectivity index (χ1) is 12.1. The monoisotopic (exact) mass is 357 g/mol. The Balaban J connectivity index is 1.88.